The van der Waals surface area contributed by atoms with Crippen molar-refractivity contribution in [1.29, 1.82) is 0 Å². The van der Waals surface area contributed by atoms with Gasteiger partial charge in [0.25, 0.3) is 5.91 Å². The topological polar surface area (TPSA) is 107 Å². The Labute approximate surface area is 383 Å². The van der Waals surface area contributed by atoms with Crippen molar-refractivity contribution in [2.24, 2.45) is 0 Å². The van der Waals surface area contributed by atoms with Crippen molar-refractivity contribution in [3.05, 3.63) is 177 Å². The Balaban J connectivity index is 1.03. The molecule has 2 amide bonds. The zero-order valence-corrected chi connectivity index (χ0v) is 37.6. The maximum atomic E-state index is 14.7. The summed E-state index contributed by atoms with van der Waals surface area (Å²) in [6, 6.07) is 40.8. The van der Waals surface area contributed by atoms with Crippen molar-refractivity contribution in [2.75, 3.05) is 26.2 Å². The van der Waals surface area contributed by atoms with Crippen molar-refractivity contribution in [1.82, 2.24) is 10.2 Å². The molecule has 0 bridgehead atoms. The van der Waals surface area contributed by atoms with E-state index in [0.29, 0.717) is 52.4 Å². The fourth-order valence-electron chi connectivity index (χ4n) is 8.56. The lowest BCUT2D eigenvalue weighted by Crippen LogP contribution is -2.55. The summed E-state index contributed by atoms with van der Waals surface area (Å²) in [5, 5.41) is 4.02. The lowest BCUT2D eigenvalue weighted by molar-refractivity contribution is -0.146. The number of ether oxygens (including phenoxy) is 4. The lowest BCUT2D eigenvalue weighted by atomic mass is 9.88. The van der Waals surface area contributed by atoms with E-state index in [1.165, 1.54) is 7.11 Å². The maximum absolute atomic E-state index is 14.7. The van der Waals surface area contributed by atoms with Crippen molar-refractivity contribution in [3.8, 4) is 28.4 Å². The molecule has 64 heavy (non-hydrogen) atoms. The van der Waals surface area contributed by atoms with Crippen LogP contribution in [0.4, 0.5) is 5.69 Å². The first-order valence-electron chi connectivity index (χ1n) is 21.2. The van der Waals surface area contributed by atoms with Gasteiger partial charge in [-0.15, -0.1) is 0 Å². The highest BCUT2D eigenvalue weighted by molar-refractivity contribution is 6.42. The molecule has 6 aromatic rings. The van der Waals surface area contributed by atoms with Crippen molar-refractivity contribution < 1.29 is 33.3 Å². The van der Waals surface area contributed by atoms with Crippen LogP contribution in [0.25, 0.3) is 11.1 Å². The van der Waals surface area contributed by atoms with Crippen LogP contribution in [-0.2, 0) is 45.1 Å². The number of amides is 2. The lowest BCUT2D eigenvalue weighted by Gasteiger charge is -2.42. The zero-order chi connectivity index (χ0) is 44.9. The minimum absolute atomic E-state index is 0.112. The van der Waals surface area contributed by atoms with Crippen LogP contribution in [0.2, 0.25) is 10.0 Å². The second-order valence-corrected chi connectivity index (χ2v) is 16.8. The van der Waals surface area contributed by atoms with Crippen LogP contribution in [0.1, 0.15) is 58.9 Å². The third kappa shape index (κ3) is 9.60. The van der Waals surface area contributed by atoms with Gasteiger partial charge in [-0.25, -0.2) is 4.79 Å². The number of likely N-dealkylation sites (N-methyl/N-ethyl adjacent to an activating group) is 1. The molecule has 2 aliphatic rings. The summed E-state index contributed by atoms with van der Waals surface area (Å²) >= 11 is 12.2. The average Bonchev–Trinajstić information content (AvgIpc) is 3.33. The molecule has 4 atom stereocenters. The monoisotopic (exact) mass is 897 g/mol. The predicted octanol–water partition coefficient (Wildman–Crippen LogP) is 10.1. The minimum Gasteiger partial charge on any atom is -0.497 e. The smallest absolute Gasteiger partial charge is 0.328 e. The number of hydrogen-bond donors (Lipinski definition) is 1. The van der Waals surface area contributed by atoms with Crippen LogP contribution in [-0.4, -0.2) is 56.0 Å². The molecule has 10 nitrogen and oxygen atoms in total. The van der Waals surface area contributed by atoms with Crippen LogP contribution in [0.5, 0.6) is 17.2 Å². The molecular formula is C52H49Cl2N3O7. The number of nitrogens with zero attached hydrogens (tertiary/aromatic N) is 2. The van der Waals surface area contributed by atoms with Crippen LogP contribution < -0.4 is 24.4 Å². The summed E-state index contributed by atoms with van der Waals surface area (Å²) < 4.78 is 23.0. The molecule has 328 valence electrons. The number of benzene rings is 6. The molecule has 2 heterocycles. The molecule has 0 unspecified atom stereocenters. The summed E-state index contributed by atoms with van der Waals surface area (Å²) in [4.78, 5) is 45.7. The summed E-state index contributed by atoms with van der Waals surface area (Å²) in [5.74, 6) is 0.937. The Morgan fingerprint density at radius 3 is 2.12 bits per heavy atom. The first-order valence-corrected chi connectivity index (χ1v) is 22.0. The van der Waals surface area contributed by atoms with E-state index in [1.54, 1.807) is 31.2 Å². The van der Waals surface area contributed by atoms with Crippen molar-refractivity contribution in [3.63, 3.8) is 0 Å². The summed E-state index contributed by atoms with van der Waals surface area (Å²) in [5.41, 5.74) is 8.09. The number of rotatable bonds is 14. The minimum atomic E-state index is -0.926. The molecular weight excluding hydrogens is 849 g/mol. The van der Waals surface area contributed by atoms with Gasteiger partial charge in [0.05, 0.1) is 36.0 Å². The Kier molecular flexibility index (Phi) is 13.6. The summed E-state index contributed by atoms with van der Waals surface area (Å²) in [6.45, 7) is 2.84. The van der Waals surface area contributed by atoms with Crippen LogP contribution in [0.15, 0.2) is 133 Å². The van der Waals surface area contributed by atoms with E-state index in [9.17, 15) is 14.4 Å². The van der Waals surface area contributed by atoms with E-state index in [4.69, 9.17) is 42.1 Å². The van der Waals surface area contributed by atoms with Gasteiger partial charge in [0, 0.05) is 31.6 Å². The Bertz CT molecular complexity index is 2620. The van der Waals surface area contributed by atoms with Crippen LogP contribution >= 0.6 is 23.2 Å². The third-order valence-electron chi connectivity index (χ3n) is 12.1. The Hall–Kier alpha value is -6.33. The molecule has 0 spiro atoms. The number of anilines is 1. The molecule has 0 saturated heterocycles. The van der Waals surface area contributed by atoms with Gasteiger partial charge >= 0.3 is 5.97 Å². The fraction of sp³-hybridized carbons (Fsp3) is 0.250. The molecule has 8 rings (SSSR count). The third-order valence-corrected chi connectivity index (χ3v) is 12.8. The highest BCUT2D eigenvalue weighted by atomic mass is 35.5. The first kappa shape index (κ1) is 44.3. The number of carbonyl (C=O) groups is 3. The van der Waals surface area contributed by atoms with Gasteiger partial charge < -0.3 is 29.2 Å². The standard InChI is InChI=1S/C52H49Cl2N3O7/c1-5-45(36-9-7-6-8-10-36)57-30-39-29-48-46(56(2)51(59)49(64-48)37-18-22-41(23-19-37)63-31-33-13-24-42(53)43(54)25-33)27-38(39)28-47(57)50(58)55-44(52(60)62-4)26-32-11-14-34(15-12-32)35-16-20-40(61-3)21-17-35/h6-25,27,29,44-45,47,49H,5,26,28,30-31H2,1-4H3,(H,55,58)/t44-,45-,47-,49+/m0/s1. The van der Waals surface area contributed by atoms with E-state index >= 15 is 0 Å². The number of halogens is 2. The van der Waals surface area contributed by atoms with E-state index in [0.717, 1.165) is 51.1 Å². The number of fused-ring (bicyclic) bond motifs is 2. The summed E-state index contributed by atoms with van der Waals surface area (Å²) in [6.07, 6.45) is 0.447. The average molecular weight is 899 g/mol. The molecule has 0 aromatic heterocycles. The Morgan fingerprint density at radius 2 is 1.47 bits per heavy atom. The number of carbonyl (C=O) groups excluding carboxylic acids is 3. The van der Waals surface area contributed by atoms with Gasteiger partial charge in [0.2, 0.25) is 12.0 Å². The van der Waals surface area contributed by atoms with E-state index in [2.05, 4.69) is 29.3 Å². The zero-order valence-electron chi connectivity index (χ0n) is 36.1. The Morgan fingerprint density at radius 1 is 0.797 bits per heavy atom. The number of nitrogens with one attached hydrogen (secondary N) is 1. The van der Waals surface area contributed by atoms with E-state index in [-0.39, 0.29) is 24.3 Å². The molecule has 6 aromatic carbocycles. The van der Waals surface area contributed by atoms with Gasteiger partial charge in [-0.05, 0) is 100 Å². The first-order chi connectivity index (χ1) is 31.0. The predicted molar refractivity (Wildman–Crippen MR) is 249 cm³/mol. The molecule has 1 N–H and O–H groups in total. The second kappa shape index (κ2) is 19.6. The highest BCUT2D eigenvalue weighted by Gasteiger charge is 2.40. The maximum Gasteiger partial charge on any atom is 0.328 e. The molecule has 0 aliphatic carbocycles. The number of methoxy groups -OCH3 is 2. The van der Waals surface area contributed by atoms with Crippen molar-refractivity contribution >= 4 is 46.7 Å². The molecule has 0 fully saturated rings. The SMILES string of the molecule is CC[C@@H](c1ccccc1)N1Cc2cc3c(cc2C[C@H]1C(=O)N[C@@H](Cc1ccc(-c2ccc(OC)cc2)cc1)C(=O)OC)N(C)C(=O)[C@@H](c1ccc(OCc2ccc(Cl)c(Cl)c2)cc1)O3. The van der Waals surface area contributed by atoms with Crippen LogP contribution in [0.3, 0.4) is 0 Å². The highest BCUT2D eigenvalue weighted by Crippen LogP contribution is 2.43. The largest absolute Gasteiger partial charge is 0.497 e. The second-order valence-electron chi connectivity index (χ2n) is 16.0. The number of esters is 1. The molecule has 0 radical (unpaired) electrons. The molecule has 0 saturated carbocycles. The van der Waals surface area contributed by atoms with Crippen LogP contribution in [0, 0.1) is 0 Å². The van der Waals surface area contributed by atoms with Gasteiger partial charge in [-0.2, -0.15) is 0 Å². The van der Waals surface area contributed by atoms with Gasteiger partial charge in [0.1, 0.15) is 29.9 Å². The molecule has 12 heteroatoms. The van der Waals surface area contributed by atoms with Gasteiger partial charge in [-0.3, -0.25) is 14.5 Å². The van der Waals surface area contributed by atoms with Gasteiger partial charge in [0.15, 0.2) is 0 Å². The molecule has 2 aliphatic heterocycles. The summed E-state index contributed by atoms with van der Waals surface area (Å²) in [7, 11) is 4.71. The fourth-order valence-corrected chi connectivity index (χ4v) is 8.88. The number of hydrogen-bond acceptors (Lipinski definition) is 8. The van der Waals surface area contributed by atoms with Gasteiger partial charge in [-0.1, -0.05) is 115 Å². The van der Waals surface area contributed by atoms with Crippen molar-refractivity contribution in [2.45, 2.75) is 63.6 Å². The normalized spacial score (nSPS) is 16.7. The van der Waals surface area contributed by atoms with E-state index < -0.39 is 24.2 Å². The quantitative estimate of drug-likeness (QED) is 0.108. The van der Waals surface area contributed by atoms with E-state index in [1.807, 2.05) is 109 Å².